The van der Waals surface area contributed by atoms with E-state index in [-0.39, 0.29) is 0 Å². The van der Waals surface area contributed by atoms with Gasteiger partial charge in [-0.25, -0.2) is 4.79 Å². The Labute approximate surface area is 188 Å². The van der Waals surface area contributed by atoms with E-state index in [0.717, 1.165) is 35.7 Å². The number of rotatable bonds is 10. The van der Waals surface area contributed by atoms with Crippen LogP contribution in [0.1, 0.15) is 86.7 Å². The molecule has 3 nitrogen and oxygen atoms in total. The lowest BCUT2D eigenvalue weighted by atomic mass is 9.86. The molecule has 0 amide bonds. The number of carboxylic acids is 1. The number of benzene rings is 2. The van der Waals surface area contributed by atoms with Crippen molar-refractivity contribution >= 4 is 5.97 Å². The lowest BCUT2D eigenvalue weighted by molar-refractivity contribution is 0.0697. The molecule has 2 aromatic carbocycles. The molecule has 0 spiro atoms. The first-order chi connectivity index (χ1) is 15.0. The first-order valence-corrected chi connectivity index (χ1v) is 12.2. The molecular formula is C28H39NO2. The summed E-state index contributed by atoms with van der Waals surface area (Å²) in [5.74, 6) is 0.0142. The summed E-state index contributed by atoms with van der Waals surface area (Å²) in [4.78, 5) is 14.5. The van der Waals surface area contributed by atoms with Crippen LogP contribution in [0.5, 0.6) is 0 Å². The molecule has 1 aliphatic carbocycles. The quantitative estimate of drug-likeness (QED) is 0.437. The van der Waals surface area contributed by atoms with Gasteiger partial charge in [-0.3, -0.25) is 4.90 Å². The van der Waals surface area contributed by atoms with E-state index >= 15 is 0 Å². The van der Waals surface area contributed by atoms with Crippen molar-refractivity contribution in [1.82, 2.24) is 4.90 Å². The molecular weight excluding hydrogens is 382 g/mol. The highest BCUT2D eigenvalue weighted by Crippen LogP contribution is 2.30. The minimum atomic E-state index is -0.863. The zero-order chi connectivity index (χ0) is 22.2. The summed E-state index contributed by atoms with van der Waals surface area (Å²) in [7, 11) is 0. The summed E-state index contributed by atoms with van der Waals surface area (Å²) in [6.45, 7) is 8.66. The van der Waals surface area contributed by atoms with Gasteiger partial charge in [0, 0.05) is 12.6 Å². The highest BCUT2D eigenvalue weighted by atomic mass is 16.4. The van der Waals surface area contributed by atoms with Crippen LogP contribution in [-0.2, 0) is 6.54 Å². The molecule has 0 aromatic heterocycles. The molecule has 3 heteroatoms. The fourth-order valence-electron chi connectivity index (χ4n) is 5.09. The van der Waals surface area contributed by atoms with E-state index in [2.05, 4.69) is 24.8 Å². The first-order valence-electron chi connectivity index (χ1n) is 12.2. The van der Waals surface area contributed by atoms with Gasteiger partial charge in [-0.1, -0.05) is 75.8 Å². The Kier molecular flexibility index (Phi) is 8.71. The van der Waals surface area contributed by atoms with Gasteiger partial charge >= 0.3 is 5.97 Å². The van der Waals surface area contributed by atoms with Crippen molar-refractivity contribution in [2.24, 2.45) is 5.92 Å². The molecule has 1 saturated carbocycles. The van der Waals surface area contributed by atoms with Crippen LogP contribution in [0.2, 0.25) is 0 Å². The normalized spacial score (nSPS) is 15.9. The van der Waals surface area contributed by atoms with E-state index < -0.39 is 5.97 Å². The predicted octanol–water partition coefficient (Wildman–Crippen LogP) is 7.32. The second-order valence-corrected chi connectivity index (χ2v) is 9.40. The van der Waals surface area contributed by atoms with Crippen LogP contribution in [0.25, 0.3) is 11.1 Å². The number of carbonyl (C=O) groups is 1. The SMILES string of the molecule is CCC[C@H](C)N(CCC1CCCCC1)Cc1ccc(C(=O)O)c(-c2ccccc2C)c1. The van der Waals surface area contributed by atoms with Crippen molar-refractivity contribution in [3.05, 3.63) is 59.2 Å². The van der Waals surface area contributed by atoms with E-state index in [4.69, 9.17) is 0 Å². The van der Waals surface area contributed by atoms with Gasteiger partial charge < -0.3 is 5.11 Å². The molecule has 0 aliphatic heterocycles. The van der Waals surface area contributed by atoms with Gasteiger partial charge in [0.2, 0.25) is 0 Å². The maximum atomic E-state index is 11.9. The molecule has 0 radical (unpaired) electrons. The maximum Gasteiger partial charge on any atom is 0.336 e. The summed E-state index contributed by atoms with van der Waals surface area (Å²) in [5.41, 5.74) is 4.54. The van der Waals surface area contributed by atoms with Crippen molar-refractivity contribution < 1.29 is 9.90 Å². The highest BCUT2D eigenvalue weighted by Gasteiger charge is 2.20. The van der Waals surface area contributed by atoms with Crippen molar-refractivity contribution in [3.8, 4) is 11.1 Å². The topological polar surface area (TPSA) is 40.5 Å². The summed E-state index contributed by atoms with van der Waals surface area (Å²) < 4.78 is 0. The Morgan fingerprint density at radius 1 is 1.10 bits per heavy atom. The first kappa shape index (κ1) is 23.5. The van der Waals surface area contributed by atoms with E-state index in [1.165, 1.54) is 56.9 Å². The van der Waals surface area contributed by atoms with Crippen molar-refractivity contribution in [2.75, 3.05) is 6.54 Å². The van der Waals surface area contributed by atoms with Gasteiger partial charge in [0.1, 0.15) is 0 Å². The molecule has 0 heterocycles. The minimum absolute atomic E-state index is 0.383. The number of aryl methyl sites for hydroxylation is 1. The van der Waals surface area contributed by atoms with Crippen LogP contribution in [-0.4, -0.2) is 28.6 Å². The van der Waals surface area contributed by atoms with Gasteiger partial charge in [0.15, 0.2) is 0 Å². The van der Waals surface area contributed by atoms with E-state index in [1.807, 2.05) is 37.3 Å². The Bertz CT molecular complexity index is 854. The molecule has 168 valence electrons. The maximum absolute atomic E-state index is 11.9. The van der Waals surface area contributed by atoms with E-state index in [1.54, 1.807) is 6.07 Å². The number of hydrogen-bond donors (Lipinski definition) is 1. The Morgan fingerprint density at radius 3 is 2.52 bits per heavy atom. The van der Waals surface area contributed by atoms with Crippen LogP contribution in [0.4, 0.5) is 0 Å². The largest absolute Gasteiger partial charge is 0.478 e. The molecule has 0 bridgehead atoms. The van der Waals surface area contributed by atoms with Gasteiger partial charge in [-0.2, -0.15) is 0 Å². The molecule has 1 fully saturated rings. The van der Waals surface area contributed by atoms with E-state index in [0.29, 0.717) is 11.6 Å². The number of hydrogen-bond acceptors (Lipinski definition) is 2. The minimum Gasteiger partial charge on any atom is -0.478 e. The van der Waals surface area contributed by atoms with Crippen molar-refractivity contribution in [2.45, 2.75) is 84.7 Å². The zero-order valence-electron chi connectivity index (χ0n) is 19.6. The molecule has 0 saturated heterocycles. The third kappa shape index (κ3) is 6.43. The Morgan fingerprint density at radius 2 is 1.84 bits per heavy atom. The summed E-state index contributed by atoms with van der Waals surface area (Å²) in [6, 6.07) is 14.5. The summed E-state index contributed by atoms with van der Waals surface area (Å²) in [5, 5.41) is 9.77. The molecule has 1 atom stereocenters. The van der Waals surface area contributed by atoms with Gasteiger partial charge in [0.05, 0.1) is 5.56 Å². The molecule has 3 rings (SSSR count). The predicted molar refractivity (Wildman–Crippen MR) is 130 cm³/mol. The standard InChI is InChI=1S/C28H39NO2/c1-4-10-22(3)29(18-17-23-12-6-5-7-13-23)20-24-15-16-26(28(30)31)27(19-24)25-14-9-8-11-21(25)2/h8-9,11,14-16,19,22-23H,4-7,10,12-13,17-18,20H2,1-3H3,(H,30,31)/t22-/m0/s1. The van der Waals surface area contributed by atoms with Crippen molar-refractivity contribution in [1.29, 1.82) is 0 Å². The fourth-order valence-corrected chi connectivity index (χ4v) is 5.09. The molecule has 2 aromatic rings. The molecule has 0 unspecified atom stereocenters. The average Bonchev–Trinajstić information content (AvgIpc) is 2.77. The van der Waals surface area contributed by atoms with Crippen LogP contribution in [0.15, 0.2) is 42.5 Å². The number of nitrogens with zero attached hydrogens (tertiary/aromatic N) is 1. The lowest BCUT2D eigenvalue weighted by Crippen LogP contribution is -2.34. The third-order valence-corrected chi connectivity index (χ3v) is 7.01. The van der Waals surface area contributed by atoms with E-state index in [9.17, 15) is 9.90 Å². The monoisotopic (exact) mass is 421 g/mol. The third-order valence-electron chi connectivity index (χ3n) is 7.01. The van der Waals surface area contributed by atoms with Crippen molar-refractivity contribution in [3.63, 3.8) is 0 Å². The van der Waals surface area contributed by atoms with Crippen LogP contribution >= 0.6 is 0 Å². The average molecular weight is 422 g/mol. The molecule has 1 aliphatic rings. The van der Waals surface area contributed by atoms with Gasteiger partial charge in [0.25, 0.3) is 0 Å². The highest BCUT2D eigenvalue weighted by molar-refractivity contribution is 5.96. The van der Waals surface area contributed by atoms with Crippen LogP contribution < -0.4 is 0 Å². The second kappa shape index (κ2) is 11.5. The summed E-state index contributed by atoms with van der Waals surface area (Å²) in [6.07, 6.45) is 10.6. The smallest absolute Gasteiger partial charge is 0.336 e. The fraction of sp³-hybridized carbons (Fsp3) is 0.536. The molecule has 31 heavy (non-hydrogen) atoms. The zero-order valence-corrected chi connectivity index (χ0v) is 19.6. The number of aromatic carboxylic acids is 1. The van der Waals surface area contributed by atoms with Crippen LogP contribution in [0.3, 0.4) is 0 Å². The van der Waals surface area contributed by atoms with Crippen LogP contribution in [0, 0.1) is 12.8 Å². The summed E-state index contributed by atoms with van der Waals surface area (Å²) >= 11 is 0. The molecule has 1 N–H and O–H groups in total. The Balaban J connectivity index is 1.83. The second-order valence-electron chi connectivity index (χ2n) is 9.40. The lowest BCUT2D eigenvalue weighted by Gasteiger charge is -2.32. The Hall–Kier alpha value is -2.13. The van der Waals surface area contributed by atoms with Gasteiger partial charge in [-0.05, 0) is 73.5 Å². The number of carboxylic acid groups (broad SMARTS) is 1. The van der Waals surface area contributed by atoms with Gasteiger partial charge in [-0.15, -0.1) is 0 Å².